The highest BCUT2D eigenvalue weighted by Gasteiger charge is 2.41. The van der Waals surface area contributed by atoms with Crippen LogP contribution in [0.25, 0.3) is 0 Å². The number of rotatable bonds is 5. The minimum Gasteiger partial charge on any atom is -0.398 e. The van der Waals surface area contributed by atoms with E-state index in [1.807, 2.05) is 0 Å². The standard InChI is InChI=1S/C9H9ClF4N2O2S/c10-6-3-5(1-2-7(6)15)19(17,18)16-4-9(13,14)8(11)12/h1-3,8,16H,4,15H2. The molecule has 0 atom stereocenters. The van der Waals surface area contributed by atoms with Crippen molar-refractivity contribution >= 4 is 27.3 Å². The van der Waals surface area contributed by atoms with E-state index in [9.17, 15) is 26.0 Å². The molecule has 108 valence electrons. The van der Waals surface area contributed by atoms with Gasteiger partial charge in [-0.2, -0.15) is 8.78 Å². The second-order valence-electron chi connectivity index (χ2n) is 3.57. The first kappa shape index (κ1) is 16.0. The third kappa shape index (κ3) is 3.95. The number of benzene rings is 1. The molecule has 0 fully saturated rings. The number of nitrogens with one attached hydrogen (secondary N) is 1. The molecule has 0 saturated carbocycles. The van der Waals surface area contributed by atoms with E-state index in [-0.39, 0.29) is 10.7 Å². The van der Waals surface area contributed by atoms with E-state index >= 15 is 0 Å². The molecule has 1 aromatic carbocycles. The Morgan fingerprint density at radius 1 is 1.37 bits per heavy atom. The Labute approximate surface area is 111 Å². The lowest BCUT2D eigenvalue weighted by Gasteiger charge is -2.16. The first-order valence-electron chi connectivity index (χ1n) is 4.77. The quantitative estimate of drug-likeness (QED) is 0.644. The lowest BCUT2D eigenvalue weighted by Crippen LogP contribution is -2.41. The Balaban J connectivity index is 2.90. The van der Waals surface area contributed by atoms with Crippen LogP contribution in [0, 0.1) is 0 Å². The van der Waals surface area contributed by atoms with Gasteiger partial charge in [0.15, 0.2) is 0 Å². The van der Waals surface area contributed by atoms with Crippen LogP contribution in [0.5, 0.6) is 0 Å². The normalized spacial score (nSPS) is 12.9. The molecule has 3 N–H and O–H groups in total. The van der Waals surface area contributed by atoms with Gasteiger partial charge in [-0.3, -0.25) is 0 Å². The molecule has 4 nitrogen and oxygen atoms in total. The third-order valence-electron chi connectivity index (χ3n) is 2.10. The molecule has 0 aliphatic carbocycles. The van der Waals surface area contributed by atoms with Gasteiger partial charge >= 0.3 is 12.3 Å². The number of sulfonamides is 1. The first-order valence-corrected chi connectivity index (χ1v) is 6.63. The number of halogens is 5. The molecule has 0 saturated heterocycles. The Bertz CT molecular complexity index is 565. The van der Waals surface area contributed by atoms with E-state index < -0.39 is 33.8 Å². The Morgan fingerprint density at radius 2 is 1.95 bits per heavy atom. The fraction of sp³-hybridized carbons (Fsp3) is 0.333. The molecule has 0 spiro atoms. The van der Waals surface area contributed by atoms with E-state index in [1.165, 1.54) is 4.72 Å². The van der Waals surface area contributed by atoms with Crippen molar-refractivity contribution in [3.8, 4) is 0 Å². The van der Waals surface area contributed by atoms with Crippen molar-refractivity contribution in [2.45, 2.75) is 17.2 Å². The van der Waals surface area contributed by atoms with Gasteiger partial charge in [0.2, 0.25) is 10.0 Å². The van der Waals surface area contributed by atoms with Crippen LogP contribution >= 0.6 is 11.6 Å². The van der Waals surface area contributed by atoms with Gasteiger partial charge in [-0.15, -0.1) is 0 Å². The van der Waals surface area contributed by atoms with Crippen molar-refractivity contribution in [3.05, 3.63) is 23.2 Å². The summed E-state index contributed by atoms with van der Waals surface area (Å²) in [7, 11) is -4.37. The predicted molar refractivity (Wildman–Crippen MR) is 62.0 cm³/mol. The fourth-order valence-electron chi connectivity index (χ4n) is 1.03. The first-order chi connectivity index (χ1) is 8.56. The van der Waals surface area contributed by atoms with Gasteiger partial charge in [0.05, 0.1) is 22.2 Å². The average Bonchev–Trinajstić information content (AvgIpc) is 2.30. The van der Waals surface area contributed by atoms with Crippen LogP contribution in [0.2, 0.25) is 5.02 Å². The highest BCUT2D eigenvalue weighted by Crippen LogP contribution is 2.24. The minimum absolute atomic E-state index is 0.0940. The van der Waals surface area contributed by atoms with Gasteiger partial charge in [0.25, 0.3) is 0 Å². The summed E-state index contributed by atoms with van der Waals surface area (Å²) in [6.45, 7) is -1.71. The van der Waals surface area contributed by atoms with E-state index in [1.54, 1.807) is 0 Å². The van der Waals surface area contributed by atoms with Crippen molar-refractivity contribution in [2.24, 2.45) is 0 Å². The third-order valence-corrected chi connectivity index (χ3v) is 3.83. The zero-order valence-corrected chi connectivity index (χ0v) is 10.8. The number of alkyl halides is 4. The van der Waals surface area contributed by atoms with Crippen LogP contribution in [-0.4, -0.2) is 27.3 Å². The maximum absolute atomic E-state index is 12.6. The largest absolute Gasteiger partial charge is 0.398 e. The van der Waals surface area contributed by atoms with Gasteiger partial charge in [0, 0.05) is 0 Å². The molecule has 10 heteroatoms. The van der Waals surface area contributed by atoms with Crippen LogP contribution in [0.1, 0.15) is 0 Å². The monoisotopic (exact) mass is 320 g/mol. The van der Waals surface area contributed by atoms with Crippen molar-refractivity contribution in [3.63, 3.8) is 0 Å². The number of hydrogen-bond acceptors (Lipinski definition) is 3. The Kier molecular flexibility index (Phi) is 4.64. The van der Waals surface area contributed by atoms with Gasteiger partial charge < -0.3 is 5.73 Å². The van der Waals surface area contributed by atoms with Crippen molar-refractivity contribution in [2.75, 3.05) is 12.3 Å². The molecule has 0 radical (unpaired) electrons. The summed E-state index contributed by atoms with van der Waals surface area (Å²) in [6.07, 6.45) is -3.97. The number of anilines is 1. The highest BCUT2D eigenvalue weighted by molar-refractivity contribution is 7.89. The molecule has 0 bridgehead atoms. The Hall–Kier alpha value is -1.06. The Morgan fingerprint density at radius 3 is 2.42 bits per heavy atom. The molecule has 1 rings (SSSR count). The lowest BCUT2D eigenvalue weighted by atomic mass is 10.3. The van der Waals surface area contributed by atoms with Gasteiger partial charge in [-0.25, -0.2) is 21.9 Å². The van der Waals surface area contributed by atoms with Crippen molar-refractivity contribution in [1.29, 1.82) is 0 Å². The molecule has 0 amide bonds. The fourth-order valence-corrected chi connectivity index (χ4v) is 2.34. The molecular weight excluding hydrogens is 312 g/mol. The molecule has 0 unspecified atom stereocenters. The van der Waals surface area contributed by atoms with Gasteiger partial charge in [0.1, 0.15) is 0 Å². The number of nitrogens with two attached hydrogens (primary N) is 1. The van der Waals surface area contributed by atoms with Crippen LogP contribution in [0.15, 0.2) is 23.1 Å². The smallest absolute Gasteiger partial charge is 0.320 e. The minimum atomic E-state index is -4.45. The van der Waals surface area contributed by atoms with Crippen molar-refractivity contribution < 1.29 is 26.0 Å². The summed E-state index contributed by atoms with van der Waals surface area (Å²) in [6, 6.07) is 3.10. The second-order valence-corrected chi connectivity index (χ2v) is 5.74. The summed E-state index contributed by atoms with van der Waals surface area (Å²) in [5, 5.41) is -0.0940. The predicted octanol–water partition coefficient (Wildman–Crippen LogP) is 2.10. The summed E-state index contributed by atoms with van der Waals surface area (Å²) < 4.78 is 73.5. The zero-order valence-electron chi connectivity index (χ0n) is 9.21. The van der Waals surface area contributed by atoms with Crippen molar-refractivity contribution in [1.82, 2.24) is 4.72 Å². The van der Waals surface area contributed by atoms with Crippen LogP contribution in [0.3, 0.4) is 0 Å². The van der Waals surface area contributed by atoms with E-state index in [2.05, 4.69) is 0 Å². The van der Waals surface area contributed by atoms with E-state index in [0.29, 0.717) is 0 Å². The summed E-state index contributed by atoms with van der Waals surface area (Å²) in [5.74, 6) is -4.45. The number of hydrogen-bond donors (Lipinski definition) is 2. The SMILES string of the molecule is Nc1ccc(S(=O)(=O)NCC(F)(F)C(F)F)cc1Cl. The molecule has 0 aliphatic heterocycles. The maximum atomic E-state index is 12.6. The van der Waals surface area contributed by atoms with Gasteiger partial charge in [-0.1, -0.05) is 11.6 Å². The zero-order chi connectivity index (χ0) is 14.8. The molecule has 0 aromatic heterocycles. The van der Waals surface area contributed by atoms with E-state index in [0.717, 1.165) is 18.2 Å². The van der Waals surface area contributed by atoms with E-state index in [4.69, 9.17) is 17.3 Å². The molecule has 19 heavy (non-hydrogen) atoms. The molecule has 0 aliphatic rings. The number of nitrogen functional groups attached to an aromatic ring is 1. The highest BCUT2D eigenvalue weighted by atomic mass is 35.5. The van der Waals surface area contributed by atoms with Crippen LogP contribution in [0.4, 0.5) is 23.2 Å². The molecule has 0 heterocycles. The second kappa shape index (κ2) is 5.51. The average molecular weight is 321 g/mol. The topological polar surface area (TPSA) is 72.2 Å². The molecular formula is C9H9ClF4N2O2S. The summed E-state index contributed by atoms with van der Waals surface area (Å²) in [5.41, 5.74) is 5.44. The summed E-state index contributed by atoms with van der Waals surface area (Å²) in [4.78, 5) is -0.447. The van der Waals surface area contributed by atoms with Crippen LogP contribution < -0.4 is 10.5 Å². The maximum Gasteiger partial charge on any atom is 0.320 e. The lowest BCUT2D eigenvalue weighted by molar-refractivity contribution is -0.122. The van der Waals surface area contributed by atoms with Crippen LogP contribution in [-0.2, 0) is 10.0 Å². The molecule has 1 aromatic rings. The van der Waals surface area contributed by atoms with Gasteiger partial charge in [-0.05, 0) is 18.2 Å². The summed E-state index contributed by atoms with van der Waals surface area (Å²) >= 11 is 5.58.